The summed E-state index contributed by atoms with van der Waals surface area (Å²) in [6, 6.07) is 12.3. The Bertz CT molecular complexity index is 1400. The zero-order valence-corrected chi connectivity index (χ0v) is 22.1. The van der Waals surface area contributed by atoms with E-state index in [0.29, 0.717) is 34.2 Å². The maximum Gasteiger partial charge on any atom is 0.350 e. The van der Waals surface area contributed by atoms with E-state index < -0.39 is 23.7 Å². The topological polar surface area (TPSA) is 106 Å². The van der Waals surface area contributed by atoms with Crippen LogP contribution in [0.2, 0.25) is 5.02 Å². The largest absolute Gasteiger partial charge is 0.507 e. The smallest absolute Gasteiger partial charge is 0.350 e. The van der Waals surface area contributed by atoms with Gasteiger partial charge in [0.25, 0.3) is 5.78 Å². The lowest BCUT2D eigenvalue weighted by atomic mass is 9.95. The summed E-state index contributed by atoms with van der Waals surface area (Å²) in [6.07, 6.45) is 0.803. The average Bonchev–Trinajstić information content (AvgIpc) is 3.39. The highest BCUT2D eigenvalue weighted by Crippen LogP contribution is 2.44. The van der Waals surface area contributed by atoms with Crippen molar-refractivity contribution in [2.75, 3.05) is 18.1 Å². The second-order valence-corrected chi connectivity index (χ2v) is 9.65. The fourth-order valence-electron chi connectivity index (χ4n) is 4.00. The summed E-state index contributed by atoms with van der Waals surface area (Å²) < 4.78 is 10.8. The first-order valence-electron chi connectivity index (χ1n) is 11.7. The van der Waals surface area contributed by atoms with Crippen LogP contribution in [-0.2, 0) is 14.3 Å². The number of ether oxygens (including phenoxy) is 2. The molecule has 0 spiro atoms. The molecule has 0 bridgehead atoms. The molecule has 0 aliphatic carbocycles. The Morgan fingerprint density at radius 3 is 2.62 bits per heavy atom. The molecule has 1 aliphatic rings. The summed E-state index contributed by atoms with van der Waals surface area (Å²) in [5, 5.41) is 11.9. The number of amides is 1. The molecule has 37 heavy (non-hydrogen) atoms. The van der Waals surface area contributed by atoms with Crippen LogP contribution in [0.25, 0.3) is 5.76 Å². The van der Waals surface area contributed by atoms with Crippen molar-refractivity contribution < 1.29 is 29.0 Å². The van der Waals surface area contributed by atoms with E-state index in [2.05, 4.69) is 4.98 Å². The summed E-state index contributed by atoms with van der Waals surface area (Å²) in [5.74, 6) is -2.16. The predicted octanol–water partition coefficient (Wildman–Crippen LogP) is 5.70. The zero-order valence-electron chi connectivity index (χ0n) is 20.5. The summed E-state index contributed by atoms with van der Waals surface area (Å²) in [5.41, 5.74) is 1.06. The predicted molar refractivity (Wildman–Crippen MR) is 141 cm³/mol. The van der Waals surface area contributed by atoms with Crippen LogP contribution < -0.4 is 9.64 Å². The van der Waals surface area contributed by atoms with E-state index in [1.54, 1.807) is 62.4 Å². The van der Waals surface area contributed by atoms with E-state index in [1.165, 1.54) is 4.90 Å². The van der Waals surface area contributed by atoms with E-state index in [9.17, 15) is 19.5 Å². The molecule has 192 valence electrons. The van der Waals surface area contributed by atoms with Crippen molar-refractivity contribution in [2.24, 2.45) is 0 Å². The minimum absolute atomic E-state index is 0.120. The van der Waals surface area contributed by atoms with Gasteiger partial charge in [0.1, 0.15) is 16.4 Å². The number of carbonyl (C=O) groups is 3. The van der Waals surface area contributed by atoms with Crippen molar-refractivity contribution >= 4 is 51.5 Å². The van der Waals surface area contributed by atoms with Crippen molar-refractivity contribution in [1.29, 1.82) is 0 Å². The van der Waals surface area contributed by atoms with Gasteiger partial charge in [-0.2, -0.15) is 0 Å². The number of thiazole rings is 1. The van der Waals surface area contributed by atoms with E-state index in [-0.39, 0.29) is 27.9 Å². The van der Waals surface area contributed by atoms with Gasteiger partial charge in [-0.15, -0.1) is 0 Å². The van der Waals surface area contributed by atoms with Gasteiger partial charge in [-0.1, -0.05) is 54.1 Å². The lowest BCUT2D eigenvalue weighted by Crippen LogP contribution is -2.29. The van der Waals surface area contributed by atoms with Crippen LogP contribution in [-0.4, -0.2) is 41.0 Å². The van der Waals surface area contributed by atoms with E-state index in [1.807, 2.05) is 6.92 Å². The van der Waals surface area contributed by atoms with Gasteiger partial charge >= 0.3 is 11.9 Å². The third kappa shape index (κ3) is 5.23. The fraction of sp³-hybridized carbons (Fsp3) is 0.259. The Balaban J connectivity index is 1.88. The van der Waals surface area contributed by atoms with Gasteiger partial charge in [0.05, 0.1) is 30.5 Å². The Kier molecular flexibility index (Phi) is 7.94. The third-order valence-corrected chi connectivity index (χ3v) is 7.01. The molecule has 1 aromatic heterocycles. The molecule has 1 fully saturated rings. The number of benzene rings is 2. The molecule has 3 aromatic rings. The first kappa shape index (κ1) is 26.4. The molecule has 1 saturated heterocycles. The first-order chi connectivity index (χ1) is 17.8. The summed E-state index contributed by atoms with van der Waals surface area (Å²) >= 11 is 7.20. The molecule has 1 atom stereocenters. The number of hydrogen-bond donors (Lipinski definition) is 1. The monoisotopic (exact) mass is 540 g/mol. The number of aryl methyl sites for hydroxylation is 1. The SMILES string of the molecule is CCCOc1cccc(C(O)=C2C(=O)C(=O)N(c3nc(C)c(C(=O)OCC)s3)C2c2cccc(Cl)c2)c1. The van der Waals surface area contributed by atoms with Gasteiger partial charge in [0, 0.05) is 10.6 Å². The van der Waals surface area contributed by atoms with Crippen LogP contribution >= 0.6 is 22.9 Å². The standard InChI is InChI=1S/C27H25ClN2O6S/c1-4-12-36-19-11-7-9-17(14-19)22(31)20-21(16-8-6-10-18(28)13-16)30(25(33)23(20)32)27-29-15(3)24(37-27)26(34)35-5-2/h6-11,13-14,21,31H,4-5,12H2,1-3H3. The van der Waals surface area contributed by atoms with E-state index in [0.717, 1.165) is 17.8 Å². The van der Waals surface area contributed by atoms with Gasteiger partial charge in [-0.25, -0.2) is 9.78 Å². The average molecular weight is 541 g/mol. The van der Waals surface area contributed by atoms with Gasteiger partial charge in [-0.05, 0) is 50.1 Å². The van der Waals surface area contributed by atoms with Crippen molar-refractivity contribution in [3.63, 3.8) is 0 Å². The quantitative estimate of drug-likeness (QED) is 0.169. The second kappa shape index (κ2) is 11.1. The molecule has 1 unspecified atom stereocenters. The summed E-state index contributed by atoms with van der Waals surface area (Å²) in [7, 11) is 0. The molecule has 4 rings (SSSR count). The van der Waals surface area contributed by atoms with Crippen LogP contribution in [0.4, 0.5) is 5.13 Å². The zero-order chi connectivity index (χ0) is 26.7. The molecule has 0 radical (unpaired) electrons. The van der Waals surface area contributed by atoms with Gasteiger partial charge in [0.2, 0.25) is 0 Å². The molecule has 0 saturated carbocycles. The van der Waals surface area contributed by atoms with Crippen LogP contribution in [0.3, 0.4) is 0 Å². The number of aliphatic hydroxyl groups excluding tert-OH is 1. The van der Waals surface area contributed by atoms with Gasteiger partial charge in [0.15, 0.2) is 5.13 Å². The van der Waals surface area contributed by atoms with Crippen molar-refractivity contribution in [1.82, 2.24) is 4.98 Å². The number of Topliss-reactive ketones (excluding diaryl/α,β-unsaturated/α-hetero) is 1. The van der Waals surface area contributed by atoms with Crippen molar-refractivity contribution in [3.05, 3.63) is 80.8 Å². The first-order valence-corrected chi connectivity index (χ1v) is 12.9. The summed E-state index contributed by atoms with van der Waals surface area (Å²) in [4.78, 5) is 45.0. The number of rotatable bonds is 8. The normalized spacial score (nSPS) is 16.8. The Morgan fingerprint density at radius 1 is 1.16 bits per heavy atom. The highest BCUT2D eigenvalue weighted by Gasteiger charge is 2.48. The van der Waals surface area contributed by atoms with E-state index >= 15 is 0 Å². The minimum Gasteiger partial charge on any atom is -0.507 e. The molecule has 2 heterocycles. The molecule has 1 aliphatic heterocycles. The lowest BCUT2D eigenvalue weighted by molar-refractivity contribution is -0.132. The second-order valence-electron chi connectivity index (χ2n) is 8.23. The number of hydrogen-bond acceptors (Lipinski definition) is 8. The number of ketones is 1. The molecule has 2 aromatic carbocycles. The van der Waals surface area contributed by atoms with Crippen LogP contribution in [0, 0.1) is 6.92 Å². The fourth-order valence-corrected chi connectivity index (χ4v) is 5.19. The Labute approximate surface area is 223 Å². The van der Waals surface area contributed by atoms with Crippen LogP contribution in [0.5, 0.6) is 5.75 Å². The number of anilines is 1. The Morgan fingerprint density at radius 2 is 1.92 bits per heavy atom. The number of aliphatic hydroxyl groups is 1. The maximum atomic E-state index is 13.4. The highest BCUT2D eigenvalue weighted by atomic mass is 35.5. The summed E-state index contributed by atoms with van der Waals surface area (Å²) in [6.45, 7) is 5.96. The van der Waals surface area contributed by atoms with Crippen molar-refractivity contribution in [2.45, 2.75) is 33.2 Å². The van der Waals surface area contributed by atoms with Gasteiger partial charge in [-0.3, -0.25) is 14.5 Å². The van der Waals surface area contributed by atoms with Gasteiger partial charge < -0.3 is 14.6 Å². The number of aromatic nitrogens is 1. The molecule has 10 heteroatoms. The minimum atomic E-state index is -1.03. The molecule has 8 nitrogen and oxygen atoms in total. The highest BCUT2D eigenvalue weighted by molar-refractivity contribution is 7.17. The molecular weight excluding hydrogens is 516 g/mol. The molecule has 1 amide bonds. The van der Waals surface area contributed by atoms with Crippen LogP contribution in [0.1, 0.15) is 52.8 Å². The molecular formula is C27H25ClN2O6S. The lowest BCUT2D eigenvalue weighted by Gasteiger charge is -2.23. The maximum absolute atomic E-state index is 13.4. The number of carbonyl (C=O) groups excluding carboxylic acids is 3. The van der Waals surface area contributed by atoms with Crippen LogP contribution in [0.15, 0.2) is 54.1 Å². The van der Waals surface area contributed by atoms with E-state index in [4.69, 9.17) is 21.1 Å². The number of halogens is 1. The number of nitrogens with zero attached hydrogens (tertiary/aromatic N) is 2. The van der Waals surface area contributed by atoms with Crippen molar-refractivity contribution in [3.8, 4) is 5.75 Å². The Hall–Kier alpha value is -3.69. The third-order valence-electron chi connectivity index (χ3n) is 5.64. The number of esters is 1. The molecule has 1 N–H and O–H groups in total.